The molecule has 0 unspecified atom stereocenters. The molecule has 17 heavy (non-hydrogen) atoms. The van der Waals surface area contributed by atoms with Gasteiger partial charge in [-0.15, -0.1) is 0 Å². The van der Waals surface area contributed by atoms with E-state index in [4.69, 9.17) is 16.9 Å². The van der Waals surface area contributed by atoms with Crippen molar-refractivity contribution in [1.82, 2.24) is 4.98 Å². The highest BCUT2D eigenvalue weighted by molar-refractivity contribution is 6.30. The molecule has 0 spiro atoms. The van der Waals surface area contributed by atoms with E-state index < -0.39 is 0 Å². The maximum atomic E-state index is 9.01. The van der Waals surface area contributed by atoms with Gasteiger partial charge in [-0.3, -0.25) is 4.98 Å². The van der Waals surface area contributed by atoms with E-state index >= 15 is 0 Å². The predicted octanol–water partition coefficient (Wildman–Crippen LogP) is 3.66. The van der Waals surface area contributed by atoms with Crippen molar-refractivity contribution in [3.8, 4) is 6.07 Å². The first kappa shape index (κ1) is 11.4. The summed E-state index contributed by atoms with van der Waals surface area (Å²) >= 11 is 5.91. The Morgan fingerprint density at radius 3 is 2.82 bits per heavy atom. The summed E-state index contributed by atoms with van der Waals surface area (Å²) in [5, 5.41) is 12.8. The second-order valence-electron chi connectivity index (χ2n) is 3.56. The summed E-state index contributed by atoms with van der Waals surface area (Å²) in [7, 11) is 0. The highest BCUT2D eigenvalue weighted by Gasteiger charge is 2.05. The first-order valence-corrected chi connectivity index (χ1v) is 5.47. The molecule has 2 rings (SSSR count). The molecule has 84 valence electrons. The molecule has 0 amide bonds. The molecule has 0 radical (unpaired) electrons. The second-order valence-corrected chi connectivity index (χ2v) is 4.00. The van der Waals surface area contributed by atoms with E-state index in [1.165, 1.54) is 0 Å². The van der Waals surface area contributed by atoms with Gasteiger partial charge in [0.1, 0.15) is 6.07 Å². The van der Waals surface area contributed by atoms with Crippen molar-refractivity contribution in [2.45, 2.75) is 6.92 Å². The van der Waals surface area contributed by atoms with Crippen LogP contribution in [0.15, 0.2) is 36.5 Å². The first-order valence-electron chi connectivity index (χ1n) is 5.09. The van der Waals surface area contributed by atoms with Crippen molar-refractivity contribution in [3.05, 3.63) is 52.8 Å². The number of nitrogens with one attached hydrogen (secondary N) is 1. The number of aromatic nitrogens is 1. The van der Waals surface area contributed by atoms with Gasteiger partial charge in [0, 0.05) is 11.2 Å². The van der Waals surface area contributed by atoms with Crippen LogP contribution in [0.3, 0.4) is 0 Å². The van der Waals surface area contributed by atoms with Crippen LogP contribution >= 0.6 is 11.6 Å². The lowest BCUT2D eigenvalue weighted by Gasteiger charge is -2.10. The summed E-state index contributed by atoms with van der Waals surface area (Å²) in [6.07, 6.45) is 1.73. The summed E-state index contributed by atoms with van der Waals surface area (Å²) in [4.78, 5) is 4.17. The van der Waals surface area contributed by atoms with Gasteiger partial charge in [-0.1, -0.05) is 11.6 Å². The molecule has 0 fully saturated rings. The third-order valence-corrected chi connectivity index (χ3v) is 2.61. The van der Waals surface area contributed by atoms with Crippen molar-refractivity contribution in [1.29, 1.82) is 5.26 Å². The Balaban J connectivity index is 2.40. The van der Waals surface area contributed by atoms with Crippen molar-refractivity contribution in [2.75, 3.05) is 5.32 Å². The molecule has 4 heteroatoms. The van der Waals surface area contributed by atoms with Crippen molar-refractivity contribution >= 4 is 23.0 Å². The standard InChI is InChI=1S/C13H10ClN3/c1-9-12(3-2-6-16-9)17-13-7-11(14)5-4-10(13)8-15/h2-7,17H,1H3. The van der Waals surface area contributed by atoms with E-state index in [0.717, 1.165) is 11.4 Å². The van der Waals surface area contributed by atoms with Gasteiger partial charge in [0.25, 0.3) is 0 Å². The van der Waals surface area contributed by atoms with Crippen molar-refractivity contribution in [2.24, 2.45) is 0 Å². The molecular weight excluding hydrogens is 234 g/mol. The zero-order chi connectivity index (χ0) is 12.3. The predicted molar refractivity (Wildman–Crippen MR) is 68.4 cm³/mol. The van der Waals surface area contributed by atoms with Gasteiger partial charge in [0.15, 0.2) is 0 Å². The normalized spacial score (nSPS) is 9.71. The number of aryl methyl sites for hydroxylation is 1. The van der Waals surface area contributed by atoms with Crippen LogP contribution in [0, 0.1) is 18.3 Å². The molecule has 2 aromatic rings. The lowest BCUT2D eigenvalue weighted by Crippen LogP contribution is -1.96. The molecule has 1 N–H and O–H groups in total. The van der Waals surface area contributed by atoms with Gasteiger partial charge < -0.3 is 5.32 Å². The quantitative estimate of drug-likeness (QED) is 0.876. The van der Waals surface area contributed by atoms with E-state index in [1.807, 2.05) is 19.1 Å². The molecule has 0 aliphatic carbocycles. The third-order valence-electron chi connectivity index (χ3n) is 2.38. The monoisotopic (exact) mass is 243 g/mol. The number of halogens is 1. The highest BCUT2D eigenvalue weighted by Crippen LogP contribution is 2.25. The van der Waals surface area contributed by atoms with Crippen molar-refractivity contribution < 1.29 is 0 Å². The van der Waals surface area contributed by atoms with Crippen LogP contribution in [0.25, 0.3) is 0 Å². The number of pyridine rings is 1. The average molecular weight is 244 g/mol. The molecule has 0 aliphatic heterocycles. The van der Waals surface area contributed by atoms with E-state index in [2.05, 4.69) is 16.4 Å². The largest absolute Gasteiger partial charge is 0.353 e. The molecule has 1 aromatic heterocycles. The lowest BCUT2D eigenvalue weighted by molar-refractivity contribution is 1.20. The molecule has 0 saturated carbocycles. The van der Waals surface area contributed by atoms with E-state index in [1.54, 1.807) is 24.4 Å². The SMILES string of the molecule is Cc1ncccc1Nc1cc(Cl)ccc1C#N. The molecule has 1 heterocycles. The average Bonchev–Trinajstić information content (AvgIpc) is 2.32. The molecule has 0 saturated heterocycles. The Labute approximate surface area is 105 Å². The minimum Gasteiger partial charge on any atom is -0.353 e. The summed E-state index contributed by atoms with van der Waals surface area (Å²) in [5.41, 5.74) is 2.98. The van der Waals surface area contributed by atoms with E-state index in [9.17, 15) is 0 Å². The van der Waals surface area contributed by atoms with Crippen LogP contribution in [-0.4, -0.2) is 4.98 Å². The van der Waals surface area contributed by atoms with Crippen LogP contribution in [0.2, 0.25) is 5.02 Å². The zero-order valence-corrected chi connectivity index (χ0v) is 9.99. The molecule has 0 aliphatic rings. The minimum atomic E-state index is 0.553. The minimum absolute atomic E-state index is 0.553. The van der Waals surface area contributed by atoms with Crippen molar-refractivity contribution in [3.63, 3.8) is 0 Å². The zero-order valence-electron chi connectivity index (χ0n) is 9.24. The summed E-state index contributed by atoms with van der Waals surface area (Å²) < 4.78 is 0. The number of nitriles is 1. The van der Waals surface area contributed by atoms with Gasteiger partial charge in [0.2, 0.25) is 0 Å². The lowest BCUT2D eigenvalue weighted by atomic mass is 10.2. The van der Waals surface area contributed by atoms with Gasteiger partial charge in [0.05, 0.1) is 22.6 Å². The molecule has 0 bridgehead atoms. The molecule has 0 atom stereocenters. The number of nitrogens with zero attached hydrogens (tertiary/aromatic N) is 2. The number of hydrogen-bond donors (Lipinski definition) is 1. The molecule has 1 aromatic carbocycles. The Kier molecular flexibility index (Phi) is 3.27. The number of rotatable bonds is 2. The Morgan fingerprint density at radius 1 is 1.29 bits per heavy atom. The fourth-order valence-corrected chi connectivity index (χ4v) is 1.65. The highest BCUT2D eigenvalue weighted by atomic mass is 35.5. The number of benzene rings is 1. The Bertz CT molecular complexity index is 587. The van der Waals surface area contributed by atoms with E-state index in [-0.39, 0.29) is 0 Å². The van der Waals surface area contributed by atoms with Crippen LogP contribution in [0.4, 0.5) is 11.4 Å². The number of hydrogen-bond acceptors (Lipinski definition) is 3. The Morgan fingerprint density at radius 2 is 2.12 bits per heavy atom. The van der Waals surface area contributed by atoms with Gasteiger partial charge in [-0.05, 0) is 37.3 Å². The third kappa shape index (κ3) is 2.55. The van der Waals surface area contributed by atoms with Crippen LogP contribution < -0.4 is 5.32 Å². The van der Waals surface area contributed by atoms with Crippen LogP contribution in [0.5, 0.6) is 0 Å². The maximum absolute atomic E-state index is 9.01. The fourth-order valence-electron chi connectivity index (χ4n) is 1.48. The smallest absolute Gasteiger partial charge is 0.101 e. The van der Waals surface area contributed by atoms with Gasteiger partial charge in [-0.25, -0.2) is 0 Å². The molecular formula is C13H10ClN3. The van der Waals surface area contributed by atoms with Gasteiger partial charge >= 0.3 is 0 Å². The van der Waals surface area contributed by atoms with Crippen LogP contribution in [0.1, 0.15) is 11.3 Å². The summed E-state index contributed by atoms with van der Waals surface area (Å²) in [6.45, 7) is 1.90. The summed E-state index contributed by atoms with van der Waals surface area (Å²) in [6, 6.07) is 11.0. The Hall–Kier alpha value is -2.05. The van der Waals surface area contributed by atoms with Gasteiger partial charge in [-0.2, -0.15) is 5.26 Å². The second kappa shape index (κ2) is 4.86. The molecule has 3 nitrogen and oxygen atoms in total. The topological polar surface area (TPSA) is 48.7 Å². The van der Waals surface area contributed by atoms with Crippen LogP contribution in [-0.2, 0) is 0 Å². The first-order chi connectivity index (χ1) is 8.20. The fraction of sp³-hybridized carbons (Fsp3) is 0.0769. The van der Waals surface area contributed by atoms with E-state index in [0.29, 0.717) is 16.3 Å². The number of anilines is 2. The summed E-state index contributed by atoms with van der Waals surface area (Å²) in [5.74, 6) is 0. The maximum Gasteiger partial charge on any atom is 0.101 e.